The molecular weight excluding hydrogens is 330 g/mol. The molecule has 21 heavy (non-hydrogen) atoms. The summed E-state index contributed by atoms with van der Waals surface area (Å²) in [4.78, 5) is 28.6. The van der Waals surface area contributed by atoms with Gasteiger partial charge in [0.05, 0.1) is 0 Å². The average Bonchev–Trinajstić information content (AvgIpc) is 2.80. The molecule has 0 saturated heterocycles. The summed E-state index contributed by atoms with van der Waals surface area (Å²) in [6.07, 6.45) is 0.913. The van der Waals surface area contributed by atoms with Crippen LogP contribution in [0, 0.1) is 0 Å². The molecule has 0 atom stereocenters. The van der Waals surface area contributed by atoms with Gasteiger partial charge in [-0.05, 0) is 35.9 Å². The number of H-pyrrole nitrogens is 1. The molecule has 0 aliphatic carbocycles. The molecule has 3 aromatic rings. The predicted molar refractivity (Wildman–Crippen MR) is 85.2 cm³/mol. The number of nitrogens with zero attached hydrogens (tertiary/aromatic N) is 3. The van der Waals surface area contributed by atoms with Crippen molar-refractivity contribution in [3.63, 3.8) is 0 Å². The Morgan fingerprint density at radius 1 is 1.38 bits per heavy atom. The molecule has 3 heterocycles. The summed E-state index contributed by atoms with van der Waals surface area (Å²) in [7, 11) is 0. The molecule has 108 valence electrons. The first kappa shape index (κ1) is 14.3. The minimum Gasteiger partial charge on any atom is -0.383 e. The van der Waals surface area contributed by atoms with Crippen LogP contribution >= 0.6 is 34.7 Å². The fourth-order valence-corrected chi connectivity index (χ4v) is 3.95. The fourth-order valence-electron chi connectivity index (χ4n) is 1.77. The highest BCUT2D eigenvalue weighted by atomic mass is 35.5. The Balaban J connectivity index is 2.10. The zero-order valence-electron chi connectivity index (χ0n) is 10.9. The molecular formula is C12H10ClN5OS2. The third-order valence-electron chi connectivity index (χ3n) is 2.66. The average molecular weight is 340 g/mol. The number of aryl methyl sites for hydroxylation is 1. The van der Waals surface area contributed by atoms with E-state index in [2.05, 4.69) is 26.9 Å². The standard InChI is InChI=1S/C12H10ClN5OS2/c1-2-5-3-6-9(20-5)17-11(13)18-10(6)21-12-15-7(14)4-8(19)16-12/h3-4H,2H2,1H3,(H3,14,15,16,19). The Morgan fingerprint density at radius 3 is 2.90 bits per heavy atom. The first-order valence-corrected chi connectivity index (χ1v) is 8.07. The lowest BCUT2D eigenvalue weighted by atomic mass is 10.3. The summed E-state index contributed by atoms with van der Waals surface area (Å²) < 4.78 is 0. The minimum absolute atomic E-state index is 0.164. The van der Waals surface area contributed by atoms with Crippen molar-refractivity contribution in [3.8, 4) is 0 Å². The highest BCUT2D eigenvalue weighted by Gasteiger charge is 2.13. The molecule has 3 aromatic heterocycles. The molecule has 0 aromatic carbocycles. The molecule has 0 amide bonds. The predicted octanol–water partition coefficient (Wildman–Crippen LogP) is 2.72. The minimum atomic E-state index is -0.305. The van der Waals surface area contributed by atoms with E-state index in [1.54, 1.807) is 11.3 Å². The van der Waals surface area contributed by atoms with Gasteiger partial charge in [-0.1, -0.05) is 6.92 Å². The fraction of sp³-hybridized carbons (Fsp3) is 0.167. The van der Waals surface area contributed by atoms with Crippen LogP contribution in [0.15, 0.2) is 27.1 Å². The largest absolute Gasteiger partial charge is 0.383 e. The number of thiophene rings is 1. The highest BCUT2D eigenvalue weighted by Crippen LogP contribution is 2.34. The van der Waals surface area contributed by atoms with Gasteiger partial charge >= 0.3 is 0 Å². The van der Waals surface area contributed by atoms with Gasteiger partial charge in [0.15, 0.2) is 5.16 Å². The van der Waals surface area contributed by atoms with Crippen molar-refractivity contribution in [1.29, 1.82) is 0 Å². The first-order chi connectivity index (χ1) is 10.0. The van der Waals surface area contributed by atoms with E-state index in [9.17, 15) is 4.79 Å². The van der Waals surface area contributed by atoms with E-state index in [1.807, 2.05) is 6.07 Å². The molecule has 0 fully saturated rings. The van der Waals surface area contributed by atoms with E-state index in [1.165, 1.54) is 22.7 Å². The molecule has 6 nitrogen and oxygen atoms in total. The van der Waals surface area contributed by atoms with Crippen LogP contribution in [-0.2, 0) is 6.42 Å². The number of rotatable bonds is 3. The molecule has 0 spiro atoms. The smallest absolute Gasteiger partial charge is 0.253 e. The van der Waals surface area contributed by atoms with Crippen LogP contribution in [-0.4, -0.2) is 19.9 Å². The third-order valence-corrected chi connectivity index (χ3v) is 4.90. The monoisotopic (exact) mass is 339 g/mol. The normalized spacial score (nSPS) is 11.1. The molecule has 3 rings (SSSR count). The molecule has 0 saturated carbocycles. The first-order valence-electron chi connectivity index (χ1n) is 6.06. The second-order valence-electron chi connectivity index (χ2n) is 4.16. The number of nitrogens with one attached hydrogen (secondary N) is 1. The van der Waals surface area contributed by atoms with Crippen molar-refractivity contribution in [2.45, 2.75) is 23.5 Å². The Labute approximate surface area is 132 Å². The van der Waals surface area contributed by atoms with Crippen molar-refractivity contribution >= 4 is 50.7 Å². The van der Waals surface area contributed by atoms with Crippen molar-refractivity contribution in [2.75, 3.05) is 5.73 Å². The van der Waals surface area contributed by atoms with Crippen molar-refractivity contribution in [3.05, 3.63) is 32.6 Å². The van der Waals surface area contributed by atoms with Crippen LogP contribution in [0.1, 0.15) is 11.8 Å². The van der Waals surface area contributed by atoms with Crippen molar-refractivity contribution in [2.24, 2.45) is 0 Å². The number of hydrogen-bond donors (Lipinski definition) is 2. The maximum Gasteiger partial charge on any atom is 0.253 e. The van der Waals surface area contributed by atoms with Gasteiger partial charge in [0, 0.05) is 16.3 Å². The van der Waals surface area contributed by atoms with Crippen LogP contribution < -0.4 is 11.3 Å². The van der Waals surface area contributed by atoms with E-state index < -0.39 is 0 Å². The summed E-state index contributed by atoms with van der Waals surface area (Å²) in [5.74, 6) is 0.164. The van der Waals surface area contributed by atoms with Gasteiger partial charge in [-0.3, -0.25) is 4.79 Å². The zero-order chi connectivity index (χ0) is 15.0. The third kappa shape index (κ3) is 3.02. The maximum absolute atomic E-state index is 11.4. The number of aromatic amines is 1. The van der Waals surface area contributed by atoms with Gasteiger partial charge in [-0.15, -0.1) is 11.3 Å². The van der Waals surface area contributed by atoms with Crippen LogP contribution in [0.5, 0.6) is 0 Å². The van der Waals surface area contributed by atoms with Gasteiger partial charge in [-0.2, -0.15) is 0 Å². The van der Waals surface area contributed by atoms with E-state index >= 15 is 0 Å². The lowest BCUT2D eigenvalue weighted by Crippen LogP contribution is -2.09. The van der Waals surface area contributed by atoms with Gasteiger partial charge in [-0.25, -0.2) is 15.0 Å². The van der Waals surface area contributed by atoms with E-state index in [0.717, 1.165) is 16.6 Å². The highest BCUT2D eigenvalue weighted by molar-refractivity contribution is 7.99. The summed E-state index contributed by atoms with van der Waals surface area (Å²) in [6, 6.07) is 3.26. The Hall–Kier alpha value is -1.64. The lowest BCUT2D eigenvalue weighted by Gasteiger charge is -2.02. The Bertz CT molecular complexity index is 876. The maximum atomic E-state index is 11.4. The number of aromatic nitrogens is 4. The summed E-state index contributed by atoms with van der Waals surface area (Å²) in [5, 5.41) is 2.09. The van der Waals surface area contributed by atoms with Crippen LogP contribution in [0.2, 0.25) is 5.28 Å². The quantitative estimate of drug-likeness (QED) is 0.562. The Kier molecular flexibility index (Phi) is 3.83. The van der Waals surface area contributed by atoms with Crippen molar-refractivity contribution < 1.29 is 0 Å². The summed E-state index contributed by atoms with van der Waals surface area (Å²) in [6.45, 7) is 2.07. The van der Waals surface area contributed by atoms with E-state index in [4.69, 9.17) is 17.3 Å². The number of fused-ring (bicyclic) bond motifs is 1. The topological polar surface area (TPSA) is 97.5 Å². The number of nitrogens with two attached hydrogens (primary N) is 1. The van der Waals surface area contributed by atoms with Crippen molar-refractivity contribution in [1.82, 2.24) is 19.9 Å². The number of hydrogen-bond acceptors (Lipinski definition) is 7. The van der Waals surface area contributed by atoms with Gasteiger partial charge < -0.3 is 10.7 Å². The number of anilines is 1. The van der Waals surface area contributed by atoms with E-state index in [0.29, 0.717) is 10.2 Å². The Morgan fingerprint density at radius 2 is 2.19 bits per heavy atom. The van der Waals surface area contributed by atoms with Gasteiger partial charge in [0.1, 0.15) is 15.7 Å². The SMILES string of the molecule is CCc1cc2c(Sc3nc(N)cc(=O)[nH]3)nc(Cl)nc2s1. The second kappa shape index (κ2) is 5.63. The molecule has 9 heteroatoms. The van der Waals surface area contributed by atoms with Gasteiger partial charge in [0.25, 0.3) is 5.56 Å². The molecule has 0 radical (unpaired) electrons. The second-order valence-corrected chi connectivity index (χ2v) is 6.59. The number of nitrogen functional groups attached to an aromatic ring is 1. The van der Waals surface area contributed by atoms with Crippen LogP contribution in [0.4, 0.5) is 5.82 Å². The van der Waals surface area contributed by atoms with Crippen LogP contribution in [0.3, 0.4) is 0 Å². The lowest BCUT2D eigenvalue weighted by molar-refractivity contribution is 0.941. The number of halogens is 1. The van der Waals surface area contributed by atoms with Crippen LogP contribution in [0.25, 0.3) is 10.2 Å². The molecule has 3 N–H and O–H groups in total. The molecule has 0 bridgehead atoms. The summed E-state index contributed by atoms with van der Waals surface area (Å²) >= 11 is 8.74. The molecule has 0 aliphatic rings. The molecule has 0 unspecified atom stereocenters. The van der Waals surface area contributed by atoms with E-state index in [-0.39, 0.29) is 16.7 Å². The zero-order valence-corrected chi connectivity index (χ0v) is 13.3. The molecule has 0 aliphatic heterocycles. The van der Waals surface area contributed by atoms with Gasteiger partial charge in [0.2, 0.25) is 5.28 Å². The summed E-state index contributed by atoms with van der Waals surface area (Å²) in [5.41, 5.74) is 5.28.